The molecule has 0 aliphatic heterocycles. The zero-order valence-electron chi connectivity index (χ0n) is 13.8. The highest BCUT2D eigenvalue weighted by Gasteiger charge is 2.28. The normalized spacial score (nSPS) is 14.9. The van der Waals surface area contributed by atoms with E-state index in [1.807, 2.05) is 21.5 Å². The number of carbonyl (C=O) groups is 5. The summed E-state index contributed by atoms with van der Waals surface area (Å²) >= 11 is 0. The first kappa shape index (κ1) is 23.0. The summed E-state index contributed by atoms with van der Waals surface area (Å²) in [6, 6.07) is -5.74. The van der Waals surface area contributed by atoms with E-state index in [2.05, 4.69) is 0 Å². The molecule has 26 heavy (non-hydrogen) atoms. The summed E-state index contributed by atoms with van der Waals surface area (Å²) < 4.78 is 0. The van der Waals surface area contributed by atoms with Gasteiger partial charge < -0.3 is 37.4 Å². The van der Waals surface area contributed by atoms with Crippen LogP contribution in [0.1, 0.15) is 13.3 Å². The molecule has 5 amide bonds. The van der Waals surface area contributed by atoms with Crippen LogP contribution >= 0.6 is 0 Å². The van der Waals surface area contributed by atoms with E-state index in [9.17, 15) is 29.1 Å². The Morgan fingerprint density at radius 2 is 1.58 bits per heavy atom. The lowest BCUT2D eigenvalue weighted by atomic mass is 10.1. The van der Waals surface area contributed by atoms with Gasteiger partial charge in [-0.05, 0) is 6.92 Å². The minimum absolute atomic E-state index is 0.673. The smallest absolute Gasteiger partial charge is 0.328 e. The van der Waals surface area contributed by atoms with Crippen LogP contribution in [0.5, 0.6) is 0 Å². The molecule has 148 valence electrons. The molecule has 0 rings (SSSR count). The van der Waals surface area contributed by atoms with Crippen molar-refractivity contribution < 1.29 is 39.3 Å². The Kier molecular flexibility index (Phi) is 9.57. The molecule has 4 atom stereocenters. The maximum atomic E-state index is 11.9. The monoisotopic (exact) mass is 378 g/mol. The minimum atomic E-state index is -1.67. The summed E-state index contributed by atoms with van der Waals surface area (Å²) in [4.78, 5) is 57.0. The van der Waals surface area contributed by atoms with E-state index in [4.69, 9.17) is 21.7 Å². The number of aliphatic carboxylic acids is 1. The Bertz CT molecular complexity index is 554. The van der Waals surface area contributed by atoms with Gasteiger partial charge in [0.1, 0.15) is 12.1 Å². The number of carbonyl (C=O) groups excluding carboxylic acids is 4. The molecule has 11 N–H and O–H groups in total. The van der Waals surface area contributed by atoms with Crippen LogP contribution in [0.4, 0.5) is 4.79 Å². The second-order valence-corrected chi connectivity index (χ2v) is 5.16. The molecule has 0 aliphatic carbocycles. The fraction of sp³-hybridized carbons (Fsp3) is 0.583. The molecular formula is C12H22N6O8. The number of urea groups is 1. The number of nitrogens with one attached hydrogen (secondary N) is 4. The molecule has 0 saturated carbocycles. The van der Waals surface area contributed by atoms with Crippen LogP contribution in [0, 0.1) is 0 Å². The highest BCUT2D eigenvalue weighted by Crippen LogP contribution is 1.96. The van der Waals surface area contributed by atoms with E-state index in [0.717, 1.165) is 6.92 Å². The number of hydrogen-bond donors (Lipinski definition) is 9. The van der Waals surface area contributed by atoms with Crippen LogP contribution in [0.2, 0.25) is 0 Å². The number of carboxylic acid groups (broad SMARTS) is 1. The predicted molar refractivity (Wildman–Crippen MR) is 83.7 cm³/mol. The number of carboxylic acids is 1. The van der Waals surface area contributed by atoms with Crippen molar-refractivity contribution in [1.82, 2.24) is 21.5 Å². The zero-order valence-corrected chi connectivity index (χ0v) is 13.8. The van der Waals surface area contributed by atoms with Gasteiger partial charge in [-0.3, -0.25) is 25.2 Å². The van der Waals surface area contributed by atoms with Gasteiger partial charge in [0.05, 0.1) is 19.1 Å². The Morgan fingerprint density at radius 1 is 1.04 bits per heavy atom. The highest BCUT2D eigenvalue weighted by molar-refractivity contribution is 5.93. The number of nitrogens with two attached hydrogens (primary N) is 2. The first-order valence-electron chi connectivity index (χ1n) is 7.21. The number of primary amides is 1. The van der Waals surface area contributed by atoms with Crippen LogP contribution in [0.3, 0.4) is 0 Å². The van der Waals surface area contributed by atoms with Crippen LogP contribution in [0.25, 0.3) is 0 Å². The van der Waals surface area contributed by atoms with Gasteiger partial charge in [-0.1, -0.05) is 0 Å². The van der Waals surface area contributed by atoms with Gasteiger partial charge >= 0.3 is 12.0 Å². The molecular weight excluding hydrogens is 356 g/mol. The number of amides is 5. The average molecular weight is 378 g/mol. The molecule has 0 aromatic heterocycles. The number of aliphatic hydroxyl groups is 2. The second kappa shape index (κ2) is 10.8. The van der Waals surface area contributed by atoms with Gasteiger partial charge in [-0.2, -0.15) is 0 Å². The third-order valence-electron chi connectivity index (χ3n) is 2.90. The van der Waals surface area contributed by atoms with Gasteiger partial charge in [-0.25, -0.2) is 9.59 Å². The van der Waals surface area contributed by atoms with E-state index >= 15 is 0 Å². The van der Waals surface area contributed by atoms with Crippen molar-refractivity contribution in [3.63, 3.8) is 0 Å². The molecule has 0 saturated heterocycles. The molecule has 0 fully saturated rings. The van der Waals surface area contributed by atoms with Gasteiger partial charge in [0, 0.05) is 0 Å². The molecule has 0 aromatic carbocycles. The van der Waals surface area contributed by atoms with Crippen molar-refractivity contribution in [3.8, 4) is 0 Å². The van der Waals surface area contributed by atoms with Crippen LogP contribution in [0.15, 0.2) is 0 Å². The van der Waals surface area contributed by atoms with Crippen molar-refractivity contribution in [1.29, 1.82) is 0 Å². The lowest BCUT2D eigenvalue weighted by Gasteiger charge is -2.21. The maximum Gasteiger partial charge on any atom is 0.328 e. The summed E-state index contributed by atoms with van der Waals surface area (Å²) in [5.41, 5.74) is 13.9. The Balaban J connectivity index is 4.90. The molecule has 14 nitrogen and oxygen atoms in total. The van der Waals surface area contributed by atoms with Gasteiger partial charge in [0.25, 0.3) is 11.8 Å². The number of hydrazine groups is 1. The summed E-state index contributed by atoms with van der Waals surface area (Å²) in [7, 11) is 0. The largest absolute Gasteiger partial charge is 0.480 e. The third-order valence-corrected chi connectivity index (χ3v) is 2.90. The van der Waals surface area contributed by atoms with Gasteiger partial charge in [-0.15, -0.1) is 0 Å². The fourth-order valence-corrected chi connectivity index (χ4v) is 1.53. The first-order chi connectivity index (χ1) is 12.0. The van der Waals surface area contributed by atoms with E-state index in [0.29, 0.717) is 0 Å². The van der Waals surface area contributed by atoms with Crippen molar-refractivity contribution in [3.05, 3.63) is 0 Å². The highest BCUT2D eigenvalue weighted by atomic mass is 16.4. The molecule has 0 spiro atoms. The Hall–Kier alpha value is -2.97. The van der Waals surface area contributed by atoms with Crippen LogP contribution < -0.4 is 33.0 Å². The molecule has 1 unspecified atom stereocenters. The number of rotatable bonds is 9. The lowest BCUT2D eigenvalue weighted by Crippen LogP contribution is -2.59. The minimum Gasteiger partial charge on any atom is -0.480 e. The molecule has 0 aliphatic rings. The topological polar surface area (TPSA) is 246 Å². The molecule has 0 heterocycles. The molecule has 0 bridgehead atoms. The quantitative estimate of drug-likeness (QED) is 0.174. The lowest BCUT2D eigenvalue weighted by molar-refractivity contribution is -0.141. The van der Waals surface area contributed by atoms with Gasteiger partial charge in [0.15, 0.2) is 6.04 Å². The van der Waals surface area contributed by atoms with E-state index in [-0.39, 0.29) is 0 Å². The van der Waals surface area contributed by atoms with E-state index < -0.39 is 67.0 Å². The van der Waals surface area contributed by atoms with E-state index in [1.54, 1.807) is 0 Å². The molecule has 0 aromatic rings. The van der Waals surface area contributed by atoms with E-state index in [1.165, 1.54) is 0 Å². The van der Waals surface area contributed by atoms with Gasteiger partial charge in [0.2, 0.25) is 5.91 Å². The standard InChI is InChI=1S/C12H22N6O8/c1-4(20)8(11(24)25)16-12(26)15-6(2-7(14)21)10(23)18-17-9(22)5(13)3-19/h4-6,8,19-20H,2-3,13H2,1H3,(H2,14,21)(H,17,22)(H,18,23)(H,24,25)(H2,15,16,26)/t4?,5-,6-,8+/m0/s1. The van der Waals surface area contributed by atoms with Crippen molar-refractivity contribution in [2.75, 3.05) is 6.61 Å². The predicted octanol–water partition coefficient (Wildman–Crippen LogP) is -5.17. The number of hydrogen-bond acceptors (Lipinski definition) is 8. The van der Waals surface area contributed by atoms with Crippen LogP contribution in [-0.2, 0) is 19.2 Å². The molecule has 14 heteroatoms. The Labute approximate surface area is 147 Å². The number of aliphatic hydroxyl groups excluding tert-OH is 2. The maximum absolute atomic E-state index is 11.9. The Morgan fingerprint density at radius 3 is 2.00 bits per heavy atom. The third kappa shape index (κ3) is 8.22. The zero-order chi connectivity index (χ0) is 20.4. The van der Waals surface area contributed by atoms with Crippen LogP contribution in [-0.4, -0.2) is 75.9 Å². The van der Waals surface area contributed by atoms with Crippen molar-refractivity contribution in [2.24, 2.45) is 11.5 Å². The van der Waals surface area contributed by atoms with Crippen molar-refractivity contribution >= 4 is 29.7 Å². The molecule has 0 radical (unpaired) electrons. The summed E-state index contributed by atoms with van der Waals surface area (Å²) in [5, 5.41) is 30.7. The fourth-order valence-electron chi connectivity index (χ4n) is 1.53. The summed E-state index contributed by atoms with van der Waals surface area (Å²) in [6.45, 7) is 0.426. The summed E-state index contributed by atoms with van der Waals surface area (Å²) in [5.74, 6) is -4.52. The second-order valence-electron chi connectivity index (χ2n) is 5.16. The summed E-state index contributed by atoms with van der Waals surface area (Å²) in [6.07, 6.45) is -2.12. The first-order valence-corrected chi connectivity index (χ1v) is 7.21. The average Bonchev–Trinajstić information content (AvgIpc) is 2.54. The van der Waals surface area contributed by atoms with Crippen molar-refractivity contribution in [2.45, 2.75) is 37.6 Å². The SMILES string of the molecule is CC(O)[C@@H](NC(=O)N[C@@H](CC(N)=O)C(=O)NNC(=O)[C@@H](N)CO)C(=O)O.